The van der Waals surface area contributed by atoms with Crippen molar-refractivity contribution in [3.05, 3.63) is 252 Å². The summed E-state index contributed by atoms with van der Waals surface area (Å²) in [6.45, 7) is 4.49. The molecule has 8 aromatic carbocycles. The van der Waals surface area contributed by atoms with Crippen LogP contribution in [0.1, 0.15) is 47.6 Å². The zero-order chi connectivity index (χ0) is 42.0. The number of anilines is 4. The molecule has 6 heteroatoms. The molecular formula is C57H45N4OPt-. The summed E-state index contributed by atoms with van der Waals surface area (Å²) in [5.74, 6) is 1.20. The Balaban J connectivity index is 0.00000504. The van der Waals surface area contributed by atoms with Crippen molar-refractivity contribution in [2.45, 2.75) is 25.2 Å². The van der Waals surface area contributed by atoms with Crippen molar-refractivity contribution >= 4 is 44.6 Å². The first-order valence-corrected chi connectivity index (χ1v) is 21.1. The van der Waals surface area contributed by atoms with Crippen LogP contribution in [0, 0.1) is 12.1 Å². The number of nitrogens with one attached hydrogen (secondary N) is 1. The van der Waals surface area contributed by atoms with Gasteiger partial charge in [0.05, 0.1) is 5.69 Å². The van der Waals surface area contributed by atoms with E-state index in [-0.39, 0.29) is 21.1 Å². The third kappa shape index (κ3) is 7.54. The number of hydrogen-bond donors (Lipinski definition) is 1. The second-order valence-corrected chi connectivity index (χ2v) is 15.9. The SMILES string of the molecule is CC(C)c1ccccc1-c1ccnc(-n2c3[c-]c(C(c4[c-]c(N([OH2+])c5ccccc5Nc5ccccc5)ccc4)(c4ccccc4)c4ccccc4)ccc3c3ccccc32)c1.[Pt]. The van der Waals surface area contributed by atoms with Gasteiger partial charge in [-0.3, -0.25) is 0 Å². The van der Waals surface area contributed by atoms with Crippen molar-refractivity contribution in [2.75, 3.05) is 10.4 Å². The van der Waals surface area contributed by atoms with E-state index in [9.17, 15) is 5.21 Å². The van der Waals surface area contributed by atoms with Crippen molar-refractivity contribution in [3.8, 4) is 16.9 Å². The van der Waals surface area contributed by atoms with Gasteiger partial charge in [-0.2, -0.15) is 30.3 Å². The Kier molecular flexibility index (Phi) is 11.6. The zero-order valence-electron chi connectivity index (χ0n) is 34.9. The maximum absolute atomic E-state index is 9.63. The molecular weight excluding hydrogens is 952 g/mol. The van der Waals surface area contributed by atoms with Crippen LogP contribution in [0.2, 0.25) is 0 Å². The fourth-order valence-corrected chi connectivity index (χ4v) is 9.02. The molecule has 0 aliphatic rings. The van der Waals surface area contributed by atoms with Crippen LogP contribution in [-0.2, 0) is 26.5 Å². The van der Waals surface area contributed by atoms with Crippen molar-refractivity contribution in [2.24, 2.45) is 0 Å². The van der Waals surface area contributed by atoms with Crippen LogP contribution in [0.4, 0.5) is 22.7 Å². The standard InChI is InChI=1S/C57H44N4O.Pt/c1-40(2)48-27-12-13-28-49(48)41-35-36-58-56(37-41)60-53-31-16-14-29-50(53)51-34-33-45(39-55(51)60)57(42-19-6-3-7-20-42,43-21-8-4-9-22-43)44-23-18-26-47(38-44)61(62)54-32-17-15-30-52(54)59-46-24-10-5-11-25-46;/h3-37,40,59,62H,1-2H3;/q-2;/p+1. The van der Waals surface area contributed by atoms with Crippen LogP contribution in [0.25, 0.3) is 38.8 Å². The van der Waals surface area contributed by atoms with Crippen LogP contribution >= 0.6 is 0 Å². The fraction of sp³-hybridized carbons (Fsp3) is 0.0702. The average Bonchev–Trinajstić information content (AvgIpc) is 3.67. The van der Waals surface area contributed by atoms with Gasteiger partial charge in [0, 0.05) is 49.6 Å². The monoisotopic (exact) mass is 996 g/mol. The Morgan fingerprint density at radius 1 is 0.603 bits per heavy atom. The molecule has 0 unspecified atom stereocenters. The van der Waals surface area contributed by atoms with Crippen molar-refractivity contribution in [1.29, 1.82) is 0 Å². The summed E-state index contributed by atoms with van der Waals surface area (Å²) in [6, 6.07) is 79.2. The first-order valence-electron chi connectivity index (χ1n) is 21.1. The largest absolute Gasteiger partial charge is 0.354 e. The van der Waals surface area contributed by atoms with Crippen molar-refractivity contribution in [3.63, 3.8) is 0 Å². The fourth-order valence-electron chi connectivity index (χ4n) is 9.02. The second kappa shape index (κ2) is 17.7. The van der Waals surface area contributed by atoms with E-state index in [1.807, 2.05) is 72.9 Å². The topological polar surface area (TPSA) is 56.0 Å². The maximum Gasteiger partial charge on any atom is 0.136 e. The molecule has 0 saturated carbocycles. The Bertz CT molecular complexity index is 3130. The van der Waals surface area contributed by atoms with Gasteiger partial charge in [-0.05, 0) is 81.6 Å². The van der Waals surface area contributed by atoms with Crippen molar-refractivity contribution < 1.29 is 26.3 Å². The van der Waals surface area contributed by atoms with Crippen LogP contribution < -0.4 is 10.4 Å². The minimum Gasteiger partial charge on any atom is -0.354 e. The number of para-hydroxylation sites is 4. The van der Waals surface area contributed by atoms with E-state index >= 15 is 0 Å². The predicted octanol–water partition coefficient (Wildman–Crippen LogP) is 13.5. The summed E-state index contributed by atoms with van der Waals surface area (Å²) in [5.41, 5.74) is 11.8. The summed E-state index contributed by atoms with van der Waals surface area (Å²) in [6.07, 6.45) is 1.92. The van der Waals surface area contributed by atoms with E-state index in [1.165, 1.54) is 16.2 Å². The first kappa shape index (κ1) is 41.3. The number of hydrogen-bond acceptors (Lipinski definition) is 3. The molecule has 0 saturated heterocycles. The van der Waals surface area contributed by atoms with Gasteiger partial charge in [0.2, 0.25) is 0 Å². The summed E-state index contributed by atoms with van der Waals surface area (Å²) in [4.78, 5) is 5.05. The molecule has 0 aliphatic carbocycles. The molecule has 310 valence electrons. The van der Waals surface area contributed by atoms with Gasteiger partial charge in [0.1, 0.15) is 11.5 Å². The molecule has 3 N–H and O–H groups in total. The third-order valence-corrected chi connectivity index (χ3v) is 11.9. The van der Waals surface area contributed by atoms with Gasteiger partial charge in [-0.1, -0.05) is 153 Å². The molecule has 10 rings (SSSR count). The van der Waals surface area contributed by atoms with Gasteiger partial charge in [0.15, 0.2) is 0 Å². The third-order valence-electron chi connectivity index (χ3n) is 11.9. The molecule has 0 bridgehead atoms. The van der Waals surface area contributed by atoms with E-state index < -0.39 is 5.41 Å². The zero-order valence-corrected chi connectivity index (χ0v) is 37.2. The second-order valence-electron chi connectivity index (χ2n) is 15.9. The predicted molar refractivity (Wildman–Crippen MR) is 256 cm³/mol. The Hall–Kier alpha value is -7.04. The number of rotatable bonds is 11. The quantitative estimate of drug-likeness (QED) is 0.0608. The molecule has 2 aromatic heterocycles. The number of nitrogens with zero attached hydrogens (tertiary/aromatic N) is 3. The summed E-state index contributed by atoms with van der Waals surface area (Å²) >= 11 is 0. The molecule has 0 amide bonds. The number of fused-ring (bicyclic) bond motifs is 3. The molecule has 5 nitrogen and oxygen atoms in total. The maximum atomic E-state index is 9.63. The van der Waals surface area contributed by atoms with Gasteiger partial charge in [0.25, 0.3) is 0 Å². The number of aromatic nitrogens is 2. The Morgan fingerprint density at radius 2 is 1.24 bits per heavy atom. The average molecular weight is 997 g/mol. The molecule has 2 heterocycles. The number of pyridine rings is 1. The molecule has 63 heavy (non-hydrogen) atoms. The van der Waals surface area contributed by atoms with E-state index in [0.717, 1.165) is 66.8 Å². The number of benzene rings is 8. The van der Waals surface area contributed by atoms with Crippen LogP contribution in [0.15, 0.2) is 212 Å². The molecule has 0 fully saturated rings. The van der Waals surface area contributed by atoms with Crippen LogP contribution in [0.5, 0.6) is 0 Å². The van der Waals surface area contributed by atoms with Gasteiger partial charge in [-0.25, -0.2) is 4.98 Å². The van der Waals surface area contributed by atoms with Crippen LogP contribution in [0.3, 0.4) is 0 Å². The summed E-state index contributed by atoms with van der Waals surface area (Å²) in [7, 11) is 0. The molecule has 0 spiro atoms. The molecule has 0 radical (unpaired) electrons. The summed E-state index contributed by atoms with van der Waals surface area (Å²) in [5, 5.41) is 16.8. The van der Waals surface area contributed by atoms with Crippen molar-refractivity contribution in [1.82, 2.24) is 9.55 Å². The van der Waals surface area contributed by atoms with E-state index in [2.05, 4.69) is 175 Å². The normalized spacial score (nSPS) is 11.4. The minimum atomic E-state index is -0.887. The Morgan fingerprint density at radius 3 is 1.98 bits per heavy atom. The summed E-state index contributed by atoms with van der Waals surface area (Å²) < 4.78 is 2.26. The molecule has 0 atom stereocenters. The Labute approximate surface area is 383 Å². The minimum absolute atomic E-state index is 0. The smallest absolute Gasteiger partial charge is 0.136 e. The van der Waals surface area contributed by atoms with Gasteiger partial charge >= 0.3 is 0 Å². The van der Waals surface area contributed by atoms with Crippen LogP contribution in [-0.4, -0.2) is 14.8 Å². The van der Waals surface area contributed by atoms with E-state index in [0.29, 0.717) is 17.3 Å². The van der Waals surface area contributed by atoms with E-state index in [1.54, 1.807) is 0 Å². The van der Waals surface area contributed by atoms with Gasteiger partial charge in [-0.15, -0.1) is 33.7 Å². The molecule has 0 aliphatic heterocycles. The first-order chi connectivity index (χ1) is 30.5. The molecule has 10 aromatic rings. The van der Waals surface area contributed by atoms with Gasteiger partial charge < -0.3 is 15.1 Å². The van der Waals surface area contributed by atoms with E-state index in [4.69, 9.17) is 4.98 Å².